The zero-order valence-corrected chi connectivity index (χ0v) is 12.1. The number of carbonyl (C=O) groups is 1. The van der Waals surface area contributed by atoms with Gasteiger partial charge in [0.2, 0.25) is 0 Å². The second-order valence-electron chi connectivity index (χ2n) is 3.81. The number of hydrogen-bond acceptors (Lipinski definition) is 2. The van der Waals surface area contributed by atoms with Crippen molar-refractivity contribution in [1.82, 2.24) is 0 Å². The lowest BCUT2D eigenvalue weighted by molar-refractivity contribution is 0.0693. The molecule has 0 amide bonds. The van der Waals surface area contributed by atoms with Crippen LogP contribution in [0.4, 0.5) is 0 Å². The fraction of sp³-hybridized carbons (Fsp3) is 0.0714. The van der Waals surface area contributed by atoms with Crippen LogP contribution in [0, 0.1) is 6.92 Å². The molecule has 0 atom stereocenters. The summed E-state index contributed by atoms with van der Waals surface area (Å²) in [4.78, 5) is 13.0. The van der Waals surface area contributed by atoms with Crippen molar-refractivity contribution >= 4 is 33.7 Å². The Labute approximate surface area is 118 Å². The summed E-state index contributed by atoms with van der Waals surface area (Å²) in [5.74, 6) is -0.890. The lowest BCUT2D eigenvalue weighted by atomic mass is 10.1. The summed E-state index contributed by atoms with van der Waals surface area (Å²) >= 11 is 4.86. The van der Waals surface area contributed by atoms with Gasteiger partial charge in [-0.1, -0.05) is 39.8 Å². The minimum absolute atomic E-state index is 0.350. The molecule has 0 aromatic heterocycles. The van der Waals surface area contributed by atoms with E-state index in [0.717, 1.165) is 19.8 Å². The molecule has 18 heavy (non-hydrogen) atoms. The van der Waals surface area contributed by atoms with Gasteiger partial charge in [-0.3, -0.25) is 0 Å². The van der Waals surface area contributed by atoms with E-state index in [-0.39, 0.29) is 0 Å². The lowest BCUT2D eigenvalue weighted by Gasteiger charge is -2.09. The fourth-order valence-corrected chi connectivity index (χ4v) is 2.84. The predicted octanol–water partition coefficient (Wildman–Crippen LogP) is 4.61. The maximum atomic E-state index is 11.2. The molecule has 92 valence electrons. The van der Waals surface area contributed by atoms with E-state index < -0.39 is 5.97 Å². The third kappa shape index (κ3) is 2.94. The Balaban J connectivity index is 2.39. The van der Waals surface area contributed by atoms with E-state index in [2.05, 4.69) is 15.9 Å². The molecule has 0 heterocycles. The molecule has 0 unspecified atom stereocenters. The second kappa shape index (κ2) is 5.59. The lowest BCUT2D eigenvalue weighted by Crippen LogP contribution is -1.99. The van der Waals surface area contributed by atoms with Crippen LogP contribution in [0.15, 0.2) is 56.7 Å². The molecule has 0 radical (unpaired) electrons. The van der Waals surface area contributed by atoms with E-state index in [9.17, 15) is 9.90 Å². The molecule has 0 saturated carbocycles. The third-order valence-electron chi connectivity index (χ3n) is 2.48. The molecule has 0 spiro atoms. The molecule has 0 aliphatic carbocycles. The summed E-state index contributed by atoms with van der Waals surface area (Å²) in [5, 5.41) is 9.19. The number of benzene rings is 2. The SMILES string of the molecule is Cc1cccc(C(=O)O)c1Sc1ccc(Br)cc1. The van der Waals surface area contributed by atoms with Crippen LogP contribution >= 0.6 is 27.7 Å². The molecular formula is C14H11BrO2S. The summed E-state index contributed by atoms with van der Waals surface area (Å²) < 4.78 is 1.01. The number of carboxylic acids is 1. The first-order chi connectivity index (χ1) is 8.58. The van der Waals surface area contributed by atoms with Crippen LogP contribution in [0.5, 0.6) is 0 Å². The highest BCUT2D eigenvalue weighted by Crippen LogP contribution is 2.33. The van der Waals surface area contributed by atoms with Crippen LogP contribution in [0.2, 0.25) is 0 Å². The van der Waals surface area contributed by atoms with Gasteiger partial charge in [-0.15, -0.1) is 0 Å². The first-order valence-corrected chi connectivity index (χ1v) is 6.95. The third-order valence-corrected chi connectivity index (χ3v) is 4.26. The average molecular weight is 323 g/mol. The van der Waals surface area contributed by atoms with Crippen molar-refractivity contribution in [3.8, 4) is 0 Å². The smallest absolute Gasteiger partial charge is 0.336 e. The normalized spacial score (nSPS) is 10.3. The Kier molecular flexibility index (Phi) is 4.09. The highest BCUT2D eigenvalue weighted by atomic mass is 79.9. The Hall–Kier alpha value is -1.26. The van der Waals surface area contributed by atoms with E-state index in [4.69, 9.17) is 0 Å². The van der Waals surface area contributed by atoms with Crippen LogP contribution in [-0.2, 0) is 0 Å². The molecule has 0 aliphatic heterocycles. The van der Waals surface area contributed by atoms with Crippen LogP contribution in [0.1, 0.15) is 15.9 Å². The molecule has 2 rings (SSSR count). The van der Waals surface area contributed by atoms with Crippen LogP contribution < -0.4 is 0 Å². The molecule has 1 N–H and O–H groups in total. The first kappa shape index (κ1) is 13.2. The van der Waals surface area contributed by atoms with Gasteiger partial charge in [0.25, 0.3) is 0 Å². The number of hydrogen-bond donors (Lipinski definition) is 1. The van der Waals surface area contributed by atoms with Gasteiger partial charge in [0, 0.05) is 14.3 Å². The number of rotatable bonds is 3. The van der Waals surface area contributed by atoms with Crippen molar-refractivity contribution in [3.05, 3.63) is 58.1 Å². The molecule has 0 aliphatic rings. The average Bonchev–Trinajstić information content (AvgIpc) is 2.34. The maximum Gasteiger partial charge on any atom is 0.336 e. The minimum atomic E-state index is -0.890. The summed E-state index contributed by atoms with van der Waals surface area (Å²) in [6.07, 6.45) is 0. The van der Waals surface area contributed by atoms with Crippen LogP contribution in [0.3, 0.4) is 0 Å². The number of carboxylic acid groups (broad SMARTS) is 1. The van der Waals surface area contributed by atoms with Gasteiger partial charge >= 0.3 is 5.97 Å². The topological polar surface area (TPSA) is 37.3 Å². The van der Waals surface area contributed by atoms with Crippen molar-refractivity contribution in [1.29, 1.82) is 0 Å². The standard InChI is InChI=1S/C14H11BrO2S/c1-9-3-2-4-12(14(16)17)13(9)18-11-7-5-10(15)6-8-11/h2-8H,1H3,(H,16,17). The second-order valence-corrected chi connectivity index (χ2v) is 5.81. The Bertz CT molecular complexity index is 579. The van der Waals surface area contributed by atoms with Gasteiger partial charge in [0.05, 0.1) is 5.56 Å². The number of halogens is 1. The maximum absolute atomic E-state index is 11.2. The summed E-state index contributed by atoms with van der Waals surface area (Å²) in [6.45, 7) is 1.92. The highest BCUT2D eigenvalue weighted by molar-refractivity contribution is 9.10. The zero-order valence-electron chi connectivity index (χ0n) is 9.68. The van der Waals surface area contributed by atoms with Gasteiger partial charge < -0.3 is 5.11 Å². The summed E-state index contributed by atoms with van der Waals surface area (Å²) in [6, 6.07) is 13.1. The molecule has 0 fully saturated rings. The van der Waals surface area contributed by atoms with Crippen molar-refractivity contribution in [2.24, 2.45) is 0 Å². The predicted molar refractivity (Wildman–Crippen MR) is 76.4 cm³/mol. The molecule has 0 saturated heterocycles. The van der Waals surface area contributed by atoms with Gasteiger partial charge in [-0.2, -0.15) is 0 Å². The molecule has 0 bridgehead atoms. The van der Waals surface area contributed by atoms with Crippen molar-refractivity contribution in [2.75, 3.05) is 0 Å². The zero-order chi connectivity index (χ0) is 13.1. The molecule has 2 nitrogen and oxygen atoms in total. The van der Waals surface area contributed by atoms with E-state index in [1.165, 1.54) is 11.8 Å². The monoisotopic (exact) mass is 322 g/mol. The van der Waals surface area contributed by atoms with E-state index in [1.54, 1.807) is 12.1 Å². The molecule has 4 heteroatoms. The van der Waals surface area contributed by atoms with Crippen LogP contribution in [0.25, 0.3) is 0 Å². The summed E-state index contributed by atoms with van der Waals surface area (Å²) in [5.41, 5.74) is 1.32. The van der Waals surface area contributed by atoms with E-state index in [0.29, 0.717) is 5.56 Å². The van der Waals surface area contributed by atoms with Gasteiger partial charge in [-0.05, 0) is 42.8 Å². The molecule has 2 aromatic rings. The molecule has 2 aromatic carbocycles. The number of aryl methyl sites for hydroxylation is 1. The van der Waals surface area contributed by atoms with Crippen molar-refractivity contribution < 1.29 is 9.90 Å². The number of aromatic carboxylic acids is 1. The molecular weight excluding hydrogens is 312 g/mol. The largest absolute Gasteiger partial charge is 0.478 e. The van der Waals surface area contributed by atoms with Gasteiger partial charge in [0.15, 0.2) is 0 Å². The Morgan fingerprint density at radius 1 is 1.17 bits per heavy atom. The van der Waals surface area contributed by atoms with E-state index in [1.807, 2.05) is 37.3 Å². The van der Waals surface area contributed by atoms with Crippen molar-refractivity contribution in [2.45, 2.75) is 16.7 Å². The van der Waals surface area contributed by atoms with Gasteiger partial charge in [-0.25, -0.2) is 4.79 Å². The summed E-state index contributed by atoms with van der Waals surface area (Å²) in [7, 11) is 0. The fourth-order valence-electron chi connectivity index (χ4n) is 1.58. The minimum Gasteiger partial charge on any atom is -0.478 e. The van der Waals surface area contributed by atoms with Crippen molar-refractivity contribution in [3.63, 3.8) is 0 Å². The van der Waals surface area contributed by atoms with Gasteiger partial charge in [0.1, 0.15) is 0 Å². The quantitative estimate of drug-likeness (QED) is 0.896. The Morgan fingerprint density at radius 3 is 2.44 bits per heavy atom. The van der Waals surface area contributed by atoms with Crippen LogP contribution in [-0.4, -0.2) is 11.1 Å². The Morgan fingerprint density at radius 2 is 1.83 bits per heavy atom. The first-order valence-electron chi connectivity index (χ1n) is 5.34. The highest BCUT2D eigenvalue weighted by Gasteiger charge is 2.12. The van der Waals surface area contributed by atoms with E-state index >= 15 is 0 Å².